The zero-order valence-electron chi connectivity index (χ0n) is 15.8. The molecule has 0 aliphatic carbocycles. The van der Waals surface area contributed by atoms with Gasteiger partial charge in [0.25, 0.3) is 11.8 Å². The molecule has 3 rings (SSSR count). The van der Waals surface area contributed by atoms with Crippen molar-refractivity contribution in [1.82, 2.24) is 9.80 Å². The number of piperidine rings is 1. The second-order valence-electron chi connectivity index (χ2n) is 7.70. The highest BCUT2D eigenvalue weighted by Gasteiger charge is 2.42. The summed E-state index contributed by atoms with van der Waals surface area (Å²) in [7, 11) is 0. The van der Waals surface area contributed by atoms with Crippen molar-refractivity contribution in [2.24, 2.45) is 5.92 Å². The van der Waals surface area contributed by atoms with E-state index in [-0.39, 0.29) is 17.7 Å². The van der Waals surface area contributed by atoms with Crippen molar-refractivity contribution in [3.8, 4) is 0 Å². The van der Waals surface area contributed by atoms with Gasteiger partial charge in [-0.3, -0.25) is 14.5 Å². The first-order chi connectivity index (χ1) is 11.9. The zero-order valence-corrected chi connectivity index (χ0v) is 15.8. The molecule has 0 saturated carbocycles. The van der Waals surface area contributed by atoms with Crippen LogP contribution in [0.5, 0.6) is 0 Å². The number of nitrogens with zero attached hydrogens (tertiary/aromatic N) is 2. The molecule has 0 radical (unpaired) electrons. The van der Waals surface area contributed by atoms with Crippen molar-refractivity contribution < 1.29 is 9.59 Å². The van der Waals surface area contributed by atoms with Crippen LogP contribution in [0.15, 0.2) is 23.9 Å². The number of hydrogen-bond donors (Lipinski definition) is 0. The summed E-state index contributed by atoms with van der Waals surface area (Å²) in [6.07, 6.45) is 3.35. The number of carbonyl (C=O) groups is 2. The summed E-state index contributed by atoms with van der Waals surface area (Å²) in [6.45, 7) is 10.3. The second-order valence-corrected chi connectivity index (χ2v) is 7.70. The number of rotatable bonds is 4. The lowest BCUT2D eigenvalue weighted by Gasteiger charge is -2.30. The molecule has 0 aromatic heterocycles. The van der Waals surface area contributed by atoms with Gasteiger partial charge in [-0.2, -0.15) is 0 Å². The molecule has 2 amide bonds. The van der Waals surface area contributed by atoms with E-state index in [9.17, 15) is 9.59 Å². The number of imide groups is 1. The third kappa shape index (κ3) is 3.35. The predicted molar refractivity (Wildman–Crippen MR) is 99.8 cm³/mol. The Morgan fingerprint density at radius 2 is 1.68 bits per heavy atom. The van der Waals surface area contributed by atoms with E-state index in [0.717, 1.165) is 42.6 Å². The quantitative estimate of drug-likeness (QED) is 0.788. The Bertz CT molecular complexity index is 727. The Balaban J connectivity index is 2.10. The van der Waals surface area contributed by atoms with Crippen molar-refractivity contribution in [2.45, 2.75) is 47.0 Å². The molecule has 0 N–H and O–H groups in total. The number of benzene rings is 1. The molecular weight excluding hydrogens is 312 g/mol. The first kappa shape index (κ1) is 17.7. The molecular formula is C21H28N2O2. The maximum Gasteiger partial charge on any atom is 0.277 e. The second kappa shape index (κ2) is 7.03. The Kier molecular flexibility index (Phi) is 4.98. The lowest BCUT2D eigenvalue weighted by Crippen LogP contribution is -2.38. The van der Waals surface area contributed by atoms with E-state index >= 15 is 0 Å². The van der Waals surface area contributed by atoms with Gasteiger partial charge in [-0.1, -0.05) is 37.6 Å². The normalized spacial score (nSPS) is 18.8. The summed E-state index contributed by atoms with van der Waals surface area (Å²) >= 11 is 0. The van der Waals surface area contributed by atoms with Crippen molar-refractivity contribution in [1.29, 1.82) is 0 Å². The first-order valence-corrected chi connectivity index (χ1v) is 9.33. The van der Waals surface area contributed by atoms with Crippen LogP contribution in [0.4, 0.5) is 0 Å². The van der Waals surface area contributed by atoms with Gasteiger partial charge in [0.1, 0.15) is 5.70 Å². The maximum absolute atomic E-state index is 13.2. The molecule has 2 aliphatic rings. The van der Waals surface area contributed by atoms with Crippen LogP contribution in [-0.4, -0.2) is 41.2 Å². The molecule has 25 heavy (non-hydrogen) atoms. The molecule has 1 fully saturated rings. The van der Waals surface area contributed by atoms with Crippen molar-refractivity contribution in [2.75, 3.05) is 19.6 Å². The van der Waals surface area contributed by atoms with Crippen LogP contribution in [0.2, 0.25) is 0 Å². The third-order valence-corrected chi connectivity index (χ3v) is 5.01. The molecule has 2 aliphatic heterocycles. The van der Waals surface area contributed by atoms with Gasteiger partial charge < -0.3 is 4.90 Å². The molecule has 134 valence electrons. The summed E-state index contributed by atoms with van der Waals surface area (Å²) in [5, 5.41) is 0. The lowest BCUT2D eigenvalue weighted by molar-refractivity contribution is -0.138. The number of amides is 2. The van der Waals surface area contributed by atoms with Crippen LogP contribution in [0.1, 0.15) is 49.8 Å². The number of hydrogen-bond acceptors (Lipinski definition) is 3. The standard InChI is InChI=1S/C21H28N2O2/c1-14(2)13-23-20(24)18(17-9-8-15(3)12-16(17)4)19(21(23)25)22-10-6-5-7-11-22/h8-9,12,14H,5-7,10-11,13H2,1-4H3. The van der Waals surface area contributed by atoms with E-state index in [1.54, 1.807) is 0 Å². The molecule has 4 heteroatoms. The highest BCUT2D eigenvalue weighted by atomic mass is 16.2. The minimum atomic E-state index is -0.133. The Morgan fingerprint density at radius 1 is 1.00 bits per heavy atom. The van der Waals surface area contributed by atoms with E-state index in [1.807, 2.05) is 39.8 Å². The summed E-state index contributed by atoms with van der Waals surface area (Å²) in [4.78, 5) is 29.9. The highest BCUT2D eigenvalue weighted by Crippen LogP contribution is 2.35. The van der Waals surface area contributed by atoms with Crippen molar-refractivity contribution >= 4 is 17.4 Å². The van der Waals surface area contributed by atoms with Gasteiger partial charge in [0.15, 0.2) is 0 Å². The van der Waals surface area contributed by atoms with Gasteiger partial charge in [-0.25, -0.2) is 0 Å². The van der Waals surface area contributed by atoms with E-state index < -0.39 is 0 Å². The molecule has 1 saturated heterocycles. The smallest absolute Gasteiger partial charge is 0.277 e. The fourth-order valence-electron chi connectivity index (χ4n) is 3.84. The van der Waals surface area contributed by atoms with E-state index in [1.165, 1.54) is 11.3 Å². The minimum absolute atomic E-state index is 0.115. The van der Waals surface area contributed by atoms with E-state index in [2.05, 4.69) is 11.0 Å². The van der Waals surface area contributed by atoms with Gasteiger partial charge >= 0.3 is 0 Å². The molecule has 0 spiro atoms. The van der Waals surface area contributed by atoms with E-state index in [4.69, 9.17) is 0 Å². The fraction of sp³-hybridized carbons (Fsp3) is 0.524. The Morgan fingerprint density at radius 3 is 2.28 bits per heavy atom. The first-order valence-electron chi connectivity index (χ1n) is 9.33. The summed E-state index contributed by atoms with van der Waals surface area (Å²) in [5.41, 5.74) is 4.34. The SMILES string of the molecule is Cc1ccc(C2=C(N3CCCCC3)C(=O)N(CC(C)C)C2=O)c(C)c1. The van der Waals surface area contributed by atoms with Crippen LogP contribution in [-0.2, 0) is 9.59 Å². The van der Waals surface area contributed by atoms with Gasteiger partial charge in [0.2, 0.25) is 0 Å². The third-order valence-electron chi connectivity index (χ3n) is 5.01. The molecule has 0 unspecified atom stereocenters. The maximum atomic E-state index is 13.2. The predicted octanol–water partition coefficient (Wildman–Crippen LogP) is 3.53. The Labute approximate surface area is 150 Å². The summed E-state index contributed by atoms with van der Waals surface area (Å²) in [5.74, 6) is 0.00997. The zero-order chi connectivity index (χ0) is 18.1. The van der Waals surface area contributed by atoms with Crippen molar-refractivity contribution in [3.63, 3.8) is 0 Å². The molecule has 0 atom stereocenters. The van der Waals surface area contributed by atoms with Gasteiger partial charge in [0, 0.05) is 19.6 Å². The fourth-order valence-corrected chi connectivity index (χ4v) is 3.84. The van der Waals surface area contributed by atoms with Gasteiger partial charge in [-0.15, -0.1) is 0 Å². The highest BCUT2D eigenvalue weighted by molar-refractivity contribution is 6.35. The minimum Gasteiger partial charge on any atom is -0.366 e. The molecule has 2 heterocycles. The van der Waals surface area contributed by atoms with Crippen LogP contribution in [0, 0.1) is 19.8 Å². The van der Waals surface area contributed by atoms with Crippen LogP contribution >= 0.6 is 0 Å². The molecule has 4 nitrogen and oxygen atoms in total. The lowest BCUT2D eigenvalue weighted by atomic mass is 9.96. The number of likely N-dealkylation sites (tertiary alicyclic amines) is 1. The number of carbonyl (C=O) groups excluding carboxylic acids is 2. The number of aryl methyl sites for hydroxylation is 2. The van der Waals surface area contributed by atoms with Crippen LogP contribution in [0.3, 0.4) is 0 Å². The van der Waals surface area contributed by atoms with Crippen LogP contribution < -0.4 is 0 Å². The Hall–Kier alpha value is -2.10. The van der Waals surface area contributed by atoms with Crippen molar-refractivity contribution in [3.05, 3.63) is 40.6 Å². The van der Waals surface area contributed by atoms with Crippen LogP contribution in [0.25, 0.3) is 5.57 Å². The summed E-state index contributed by atoms with van der Waals surface area (Å²) < 4.78 is 0. The molecule has 0 bridgehead atoms. The summed E-state index contributed by atoms with van der Waals surface area (Å²) in [6, 6.07) is 6.10. The topological polar surface area (TPSA) is 40.6 Å². The monoisotopic (exact) mass is 340 g/mol. The largest absolute Gasteiger partial charge is 0.366 e. The molecule has 1 aromatic rings. The van der Waals surface area contributed by atoms with E-state index in [0.29, 0.717) is 17.8 Å². The average molecular weight is 340 g/mol. The average Bonchev–Trinajstić information content (AvgIpc) is 2.80. The van der Waals surface area contributed by atoms with Gasteiger partial charge in [-0.05, 0) is 50.2 Å². The van der Waals surface area contributed by atoms with Gasteiger partial charge in [0.05, 0.1) is 5.57 Å². The molecule has 1 aromatic carbocycles.